The van der Waals surface area contributed by atoms with Crippen molar-refractivity contribution in [3.05, 3.63) is 24.3 Å². The van der Waals surface area contributed by atoms with Crippen LogP contribution in [-0.2, 0) is 4.74 Å². The first-order valence-corrected chi connectivity index (χ1v) is 4.55. The SMILES string of the molecule is CC(C)OC(=O)c1nc2ncccn2n1. The maximum atomic E-state index is 11.4. The molecule has 2 aromatic rings. The third-order valence-corrected chi connectivity index (χ3v) is 1.64. The largest absolute Gasteiger partial charge is 0.457 e. The Hall–Kier alpha value is -1.98. The molecule has 0 radical (unpaired) electrons. The Balaban J connectivity index is 2.32. The van der Waals surface area contributed by atoms with Gasteiger partial charge in [-0.25, -0.2) is 14.3 Å². The van der Waals surface area contributed by atoms with E-state index in [2.05, 4.69) is 15.1 Å². The summed E-state index contributed by atoms with van der Waals surface area (Å²) in [7, 11) is 0. The van der Waals surface area contributed by atoms with Gasteiger partial charge in [0, 0.05) is 12.4 Å². The van der Waals surface area contributed by atoms with Crippen molar-refractivity contribution in [2.45, 2.75) is 20.0 Å². The van der Waals surface area contributed by atoms with E-state index in [9.17, 15) is 4.79 Å². The summed E-state index contributed by atoms with van der Waals surface area (Å²) < 4.78 is 6.39. The Morgan fingerprint density at radius 3 is 3.00 bits per heavy atom. The van der Waals surface area contributed by atoms with Crippen LogP contribution in [0.25, 0.3) is 5.78 Å². The summed E-state index contributed by atoms with van der Waals surface area (Å²) in [4.78, 5) is 19.3. The molecule has 2 heterocycles. The lowest BCUT2D eigenvalue weighted by atomic mass is 10.5. The Kier molecular flexibility index (Phi) is 2.32. The third kappa shape index (κ3) is 1.93. The van der Waals surface area contributed by atoms with Crippen molar-refractivity contribution in [3.8, 4) is 0 Å². The van der Waals surface area contributed by atoms with Gasteiger partial charge in [-0.3, -0.25) is 0 Å². The summed E-state index contributed by atoms with van der Waals surface area (Å²) in [6.07, 6.45) is 3.07. The fourth-order valence-corrected chi connectivity index (χ4v) is 1.09. The standard InChI is InChI=1S/C9H10N4O2/c1-6(2)15-8(14)7-11-9-10-4-3-5-13(9)12-7/h3-6H,1-2H3. The summed E-state index contributed by atoms with van der Waals surface area (Å²) in [5.74, 6) is -0.119. The van der Waals surface area contributed by atoms with Gasteiger partial charge in [-0.05, 0) is 19.9 Å². The van der Waals surface area contributed by atoms with E-state index < -0.39 is 5.97 Å². The predicted octanol–water partition coefficient (Wildman–Crippen LogP) is 0.689. The monoisotopic (exact) mass is 206 g/mol. The van der Waals surface area contributed by atoms with Crippen molar-refractivity contribution in [1.82, 2.24) is 19.6 Å². The second-order valence-electron chi connectivity index (χ2n) is 3.25. The van der Waals surface area contributed by atoms with Gasteiger partial charge in [0.1, 0.15) is 0 Å². The molecule has 0 amide bonds. The van der Waals surface area contributed by atoms with Crippen LogP contribution in [0.3, 0.4) is 0 Å². The van der Waals surface area contributed by atoms with E-state index in [0.29, 0.717) is 5.78 Å². The molecule has 0 aromatic carbocycles. The van der Waals surface area contributed by atoms with Crippen molar-refractivity contribution >= 4 is 11.7 Å². The zero-order valence-electron chi connectivity index (χ0n) is 8.41. The first-order chi connectivity index (χ1) is 7.16. The lowest BCUT2D eigenvalue weighted by Gasteiger charge is -2.03. The number of carbonyl (C=O) groups excluding carboxylic acids is 1. The van der Waals surface area contributed by atoms with Crippen LogP contribution in [0.15, 0.2) is 18.5 Å². The minimum Gasteiger partial charge on any atom is -0.457 e. The highest BCUT2D eigenvalue weighted by molar-refractivity contribution is 5.85. The Labute approximate surface area is 85.9 Å². The molecule has 0 unspecified atom stereocenters. The molecule has 2 aromatic heterocycles. The molecule has 0 N–H and O–H groups in total. The van der Waals surface area contributed by atoms with E-state index in [1.807, 2.05) is 0 Å². The molecule has 0 spiro atoms. The molecule has 78 valence electrons. The van der Waals surface area contributed by atoms with E-state index in [0.717, 1.165) is 0 Å². The summed E-state index contributed by atoms with van der Waals surface area (Å²) in [5.41, 5.74) is 0. The molecule has 2 rings (SSSR count). The van der Waals surface area contributed by atoms with Gasteiger partial charge >= 0.3 is 5.97 Å². The first-order valence-electron chi connectivity index (χ1n) is 4.55. The maximum Gasteiger partial charge on any atom is 0.378 e. The van der Waals surface area contributed by atoms with Gasteiger partial charge in [0.25, 0.3) is 11.6 Å². The summed E-state index contributed by atoms with van der Waals surface area (Å²) in [6.45, 7) is 3.54. The van der Waals surface area contributed by atoms with Gasteiger partial charge in [-0.15, -0.1) is 5.10 Å². The van der Waals surface area contributed by atoms with Crippen LogP contribution in [0.2, 0.25) is 0 Å². The molecule has 6 nitrogen and oxygen atoms in total. The van der Waals surface area contributed by atoms with Crippen LogP contribution in [0.1, 0.15) is 24.5 Å². The lowest BCUT2D eigenvalue weighted by Crippen LogP contribution is -2.13. The molecule has 0 aliphatic rings. The van der Waals surface area contributed by atoms with Crippen molar-refractivity contribution < 1.29 is 9.53 Å². The lowest BCUT2D eigenvalue weighted by molar-refractivity contribution is 0.0363. The van der Waals surface area contributed by atoms with E-state index in [-0.39, 0.29) is 11.9 Å². The highest BCUT2D eigenvalue weighted by Gasteiger charge is 2.15. The van der Waals surface area contributed by atoms with Crippen LogP contribution in [-0.4, -0.2) is 31.7 Å². The number of aromatic nitrogens is 4. The van der Waals surface area contributed by atoms with Gasteiger partial charge in [-0.1, -0.05) is 0 Å². The van der Waals surface area contributed by atoms with E-state index in [4.69, 9.17) is 4.74 Å². The summed E-state index contributed by atoms with van der Waals surface area (Å²) in [6, 6.07) is 1.71. The van der Waals surface area contributed by atoms with Crippen molar-refractivity contribution in [3.63, 3.8) is 0 Å². The number of ether oxygens (including phenoxy) is 1. The van der Waals surface area contributed by atoms with Crippen LogP contribution in [0.4, 0.5) is 0 Å². The van der Waals surface area contributed by atoms with Crippen molar-refractivity contribution in [2.75, 3.05) is 0 Å². The van der Waals surface area contributed by atoms with Gasteiger partial charge in [-0.2, -0.15) is 4.98 Å². The Morgan fingerprint density at radius 2 is 2.33 bits per heavy atom. The Morgan fingerprint density at radius 1 is 1.53 bits per heavy atom. The molecular formula is C9H10N4O2. The number of nitrogens with zero attached hydrogens (tertiary/aromatic N) is 4. The van der Waals surface area contributed by atoms with Gasteiger partial charge in [0.2, 0.25) is 0 Å². The van der Waals surface area contributed by atoms with Crippen LogP contribution >= 0.6 is 0 Å². The van der Waals surface area contributed by atoms with Crippen LogP contribution < -0.4 is 0 Å². The zero-order valence-corrected chi connectivity index (χ0v) is 8.41. The molecule has 0 atom stereocenters. The average molecular weight is 206 g/mol. The number of rotatable bonds is 2. The van der Waals surface area contributed by atoms with Gasteiger partial charge in [0.15, 0.2) is 0 Å². The quantitative estimate of drug-likeness (QED) is 0.676. The predicted molar refractivity (Wildman–Crippen MR) is 51.3 cm³/mol. The fourth-order valence-electron chi connectivity index (χ4n) is 1.09. The third-order valence-electron chi connectivity index (χ3n) is 1.64. The molecule has 0 aliphatic heterocycles. The molecule has 6 heteroatoms. The van der Waals surface area contributed by atoms with E-state index >= 15 is 0 Å². The average Bonchev–Trinajstić information content (AvgIpc) is 2.59. The second-order valence-corrected chi connectivity index (χ2v) is 3.25. The maximum absolute atomic E-state index is 11.4. The zero-order chi connectivity index (χ0) is 10.8. The minimum atomic E-state index is -0.532. The normalized spacial score (nSPS) is 10.9. The highest BCUT2D eigenvalue weighted by atomic mass is 16.5. The Bertz CT molecular complexity index is 459. The first kappa shape index (κ1) is 9.57. The minimum absolute atomic E-state index is 0.0300. The number of hydrogen-bond donors (Lipinski definition) is 0. The van der Waals surface area contributed by atoms with Gasteiger partial charge in [0.05, 0.1) is 6.10 Å². The van der Waals surface area contributed by atoms with Gasteiger partial charge < -0.3 is 4.74 Å². The molecular weight excluding hydrogens is 196 g/mol. The molecule has 0 bridgehead atoms. The fraction of sp³-hybridized carbons (Fsp3) is 0.333. The molecule has 0 saturated carbocycles. The number of esters is 1. The van der Waals surface area contributed by atoms with E-state index in [1.165, 1.54) is 4.52 Å². The highest BCUT2D eigenvalue weighted by Crippen LogP contribution is 2.00. The topological polar surface area (TPSA) is 69.4 Å². The molecule has 0 aliphatic carbocycles. The number of carbonyl (C=O) groups is 1. The van der Waals surface area contributed by atoms with E-state index in [1.54, 1.807) is 32.3 Å². The number of fused-ring (bicyclic) bond motifs is 1. The molecule has 0 fully saturated rings. The van der Waals surface area contributed by atoms with Crippen molar-refractivity contribution in [1.29, 1.82) is 0 Å². The molecule has 15 heavy (non-hydrogen) atoms. The molecule has 0 saturated heterocycles. The number of hydrogen-bond acceptors (Lipinski definition) is 5. The van der Waals surface area contributed by atoms with Crippen LogP contribution in [0, 0.1) is 0 Å². The summed E-state index contributed by atoms with van der Waals surface area (Å²) in [5, 5.41) is 3.93. The van der Waals surface area contributed by atoms with Crippen molar-refractivity contribution in [2.24, 2.45) is 0 Å². The second kappa shape index (κ2) is 3.64. The smallest absolute Gasteiger partial charge is 0.378 e. The summed E-state index contributed by atoms with van der Waals surface area (Å²) >= 11 is 0. The van der Waals surface area contributed by atoms with Crippen LogP contribution in [0.5, 0.6) is 0 Å².